The molecule has 0 aromatic carbocycles. The van der Waals surface area contributed by atoms with E-state index in [0.717, 1.165) is 24.9 Å². The Balaban J connectivity index is 1.20. The van der Waals surface area contributed by atoms with Gasteiger partial charge < -0.3 is 24.8 Å². The van der Waals surface area contributed by atoms with Crippen LogP contribution in [0.2, 0.25) is 0 Å². The molecular weight excluding hydrogens is 720 g/mol. The molecule has 1 amide bonds. The third-order valence-corrected chi connectivity index (χ3v) is 11.5. The SMILES string of the molecule is Cc1cc(N)nc(C2Cc3nc(OC[C@@]45CCCN4C[C@H](F)C5)nc(N4CCN(C(=O)/C=C/c5nc(C(C)C)no5)[C@@H](CC#N)C4)c3CC2C)c1C(F)(F)F. The number of nitrogens with two attached hydrogens (primary N) is 1. The van der Waals surface area contributed by atoms with Crippen LogP contribution in [0.15, 0.2) is 16.7 Å². The summed E-state index contributed by atoms with van der Waals surface area (Å²) in [6, 6.07) is 2.99. The molecule has 3 aliphatic heterocycles. The smallest absolute Gasteiger partial charge is 0.418 e. The van der Waals surface area contributed by atoms with E-state index >= 15 is 0 Å². The van der Waals surface area contributed by atoms with Gasteiger partial charge in [-0.15, -0.1) is 0 Å². The monoisotopic (exact) mass is 766 g/mol. The van der Waals surface area contributed by atoms with Gasteiger partial charge in [-0.2, -0.15) is 33.4 Å². The highest BCUT2D eigenvalue weighted by Crippen LogP contribution is 2.46. The molecule has 3 fully saturated rings. The number of aromatic nitrogens is 5. The predicted molar refractivity (Wildman–Crippen MR) is 194 cm³/mol. The molecule has 3 aromatic rings. The summed E-state index contributed by atoms with van der Waals surface area (Å²) in [6.45, 7) is 9.32. The number of rotatable bonds is 9. The first-order chi connectivity index (χ1) is 26.2. The van der Waals surface area contributed by atoms with E-state index in [-0.39, 0.29) is 79.3 Å². The Kier molecular flexibility index (Phi) is 10.5. The van der Waals surface area contributed by atoms with E-state index in [1.807, 2.05) is 25.7 Å². The van der Waals surface area contributed by atoms with Gasteiger partial charge in [0, 0.05) is 62.2 Å². The molecule has 6 heterocycles. The van der Waals surface area contributed by atoms with Crippen molar-refractivity contribution < 1.29 is 31.6 Å². The molecule has 17 heteroatoms. The van der Waals surface area contributed by atoms with Crippen molar-refractivity contribution in [2.75, 3.05) is 50.0 Å². The molecule has 7 rings (SSSR count). The van der Waals surface area contributed by atoms with Gasteiger partial charge in [0.2, 0.25) is 5.91 Å². The lowest BCUT2D eigenvalue weighted by molar-refractivity contribution is -0.139. The van der Waals surface area contributed by atoms with E-state index in [9.17, 15) is 27.6 Å². The van der Waals surface area contributed by atoms with Crippen molar-refractivity contribution in [1.82, 2.24) is 34.9 Å². The van der Waals surface area contributed by atoms with Crippen molar-refractivity contribution in [2.24, 2.45) is 5.92 Å². The number of amides is 1. The number of hydrogen-bond acceptors (Lipinski definition) is 12. The fourth-order valence-corrected chi connectivity index (χ4v) is 8.85. The van der Waals surface area contributed by atoms with Crippen molar-refractivity contribution in [3.8, 4) is 12.1 Å². The minimum atomic E-state index is -4.64. The molecule has 1 aliphatic carbocycles. The summed E-state index contributed by atoms with van der Waals surface area (Å²) in [5, 5.41) is 13.7. The number of nitriles is 1. The van der Waals surface area contributed by atoms with Crippen LogP contribution in [-0.4, -0.2) is 97.9 Å². The Bertz CT molecular complexity index is 2000. The molecule has 3 saturated heterocycles. The van der Waals surface area contributed by atoms with Crippen LogP contribution in [0, 0.1) is 24.2 Å². The zero-order chi connectivity index (χ0) is 39.2. The fourth-order valence-electron chi connectivity index (χ4n) is 8.85. The van der Waals surface area contributed by atoms with E-state index < -0.39 is 35.4 Å². The Morgan fingerprint density at radius 1 is 1.18 bits per heavy atom. The van der Waals surface area contributed by atoms with Gasteiger partial charge in [-0.25, -0.2) is 9.37 Å². The molecule has 5 atom stereocenters. The highest BCUT2D eigenvalue weighted by molar-refractivity contribution is 5.91. The van der Waals surface area contributed by atoms with Gasteiger partial charge in [0.25, 0.3) is 5.89 Å². The number of aryl methyl sites for hydroxylation is 1. The average molecular weight is 767 g/mol. The topological polar surface area (TPSA) is 163 Å². The Hall–Kier alpha value is -4.85. The first-order valence-corrected chi connectivity index (χ1v) is 18.9. The summed E-state index contributed by atoms with van der Waals surface area (Å²) in [5.74, 6) is 0.0644. The second kappa shape index (κ2) is 15.0. The molecule has 3 aromatic heterocycles. The van der Waals surface area contributed by atoms with Crippen LogP contribution in [0.1, 0.15) is 98.1 Å². The van der Waals surface area contributed by atoms with Crippen molar-refractivity contribution in [3.63, 3.8) is 0 Å². The minimum absolute atomic E-state index is 0.00620. The second-order valence-electron chi connectivity index (χ2n) is 15.7. The first-order valence-electron chi connectivity index (χ1n) is 18.9. The van der Waals surface area contributed by atoms with Crippen molar-refractivity contribution in [2.45, 2.75) is 102 Å². The lowest BCUT2D eigenvalue weighted by atomic mass is 9.75. The number of carbonyl (C=O) groups excluding carboxylic acids is 1. The minimum Gasteiger partial charge on any atom is -0.461 e. The molecule has 13 nitrogen and oxygen atoms in total. The van der Waals surface area contributed by atoms with Gasteiger partial charge in [0.05, 0.1) is 41.0 Å². The van der Waals surface area contributed by atoms with Crippen molar-refractivity contribution in [1.29, 1.82) is 5.26 Å². The van der Waals surface area contributed by atoms with Crippen LogP contribution in [0.4, 0.5) is 29.2 Å². The molecule has 55 heavy (non-hydrogen) atoms. The van der Waals surface area contributed by atoms with E-state index in [4.69, 9.17) is 25.0 Å². The quantitative estimate of drug-likeness (QED) is 0.218. The third-order valence-electron chi connectivity index (χ3n) is 11.5. The first kappa shape index (κ1) is 38.4. The largest absolute Gasteiger partial charge is 0.461 e. The van der Waals surface area contributed by atoms with Crippen LogP contribution in [0.25, 0.3) is 6.08 Å². The average Bonchev–Trinajstić information content (AvgIpc) is 3.83. The number of carbonyl (C=O) groups is 1. The Labute approximate surface area is 316 Å². The molecule has 4 aliphatic rings. The number of fused-ring (bicyclic) bond motifs is 2. The number of pyridine rings is 1. The number of halogens is 4. The normalized spacial score (nSPS) is 25.7. The molecule has 2 N–H and O–H groups in total. The van der Waals surface area contributed by atoms with Crippen molar-refractivity contribution in [3.05, 3.63) is 51.9 Å². The molecule has 2 unspecified atom stereocenters. The van der Waals surface area contributed by atoms with E-state index in [1.165, 1.54) is 25.1 Å². The third kappa shape index (κ3) is 7.70. The van der Waals surface area contributed by atoms with Crippen LogP contribution in [0.5, 0.6) is 6.01 Å². The number of piperazine rings is 1. The molecule has 0 radical (unpaired) electrons. The van der Waals surface area contributed by atoms with Crippen molar-refractivity contribution >= 4 is 23.6 Å². The maximum Gasteiger partial charge on any atom is 0.418 e. The molecular formula is C38H46F4N10O3. The van der Waals surface area contributed by atoms with E-state index in [0.29, 0.717) is 43.3 Å². The van der Waals surface area contributed by atoms with Gasteiger partial charge in [0.1, 0.15) is 24.4 Å². The lowest BCUT2D eigenvalue weighted by Crippen LogP contribution is -2.55. The van der Waals surface area contributed by atoms with Crippen LogP contribution in [-0.2, 0) is 23.8 Å². The Morgan fingerprint density at radius 3 is 2.71 bits per heavy atom. The molecule has 0 saturated carbocycles. The van der Waals surface area contributed by atoms with Gasteiger partial charge in [-0.1, -0.05) is 25.9 Å². The van der Waals surface area contributed by atoms with Gasteiger partial charge in [-0.3, -0.25) is 9.69 Å². The van der Waals surface area contributed by atoms with E-state index in [2.05, 4.69) is 26.1 Å². The maximum atomic E-state index is 14.6. The molecule has 0 bridgehead atoms. The summed E-state index contributed by atoms with van der Waals surface area (Å²) in [6.07, 6.45) is -0.221. The number of alkyl halides is 4. The number of ether oxygens (including phenoxy) is 1. The second-order valence-corrected chi connectivity index (χ2v) is 15.7. The summed E-state index contributed by atoms with van der Waals surface area (Å²) < 4.78 is 69.7. The van der Waals surface area contributed by atoms with Gasteiger partial charge in [0.15, 0.2) is 5.82 Å². The van der Waals surface area contributed by atoms with Gasteiger partial charge in [-0.05, 0) is 56.7 Å². The highest BCUT2D eigenvalue weighted by Gasteiger charge is 2.50. The zero-order valence-electron chi connectivity index (χ0n) is 31.4. The number of nitrogen functional groups attached to an aromatic ring is 1. The summed E-state index contributed by atoms with van der Waals surface area (Å²) in [5.41, 5.74) is 5.95. The van der Waals surface area contributed by atoms with Crippen LogP contribution in [0.3, 0.4) is 0 Å². The summed E-state index contributed by atoms with van der Waals surface area (Å²) >= 11 is 0. The molecule has 0 spiro atoms. The summed E-state index contributed by atoms with van der Waals surface area (Å²) in [7, 11) is 0. The summed E-state index contributed by atoms with van der Waals surface area (Å²) in [4.78, 5) is 37.5. The molecule has 294 valence electrons. The number of nitrogens with zero attached hydrogens (tertiary/aromatic N) is 9. The van der Waals surface area contributed by atoms with E-state index in [1.54, 1.807) is 4.90 Å². The maximum absolute atomic E-state index is 14.6. The highest BCUT2D eigenvalue weighted by atomic mass is 19.4. The van der Waals surface area contributed by atoms with Crippen LogP contribution >= 0.6 is 0 Å². The fraction of sp³-hybridized carbons (Fsp3) is 0.605. The standard InChI is InChI=1S/C38H46F4N10O3/c1-21(2)34-47-30(55-49-34)6-7-31(53)52-13-12-50(19-25(52)8-10-43)35-27-14-22(3)26(33-32(38(40,41)42)23(4)15-29(44)46-33)16-28(27)45-36(48-35)54-20-37-9-5-11-51(37)18-24(39)17-37/h6-7,15,21-22,24-26H,5,8-9,11-14,16-20H2,1-4H3,(H2,44,46)/b7-6+/t22?,24-,25+,26?,37+/m1/s1. The lowest BCUT2D eigenvalue weighted by Gasteiger charge is -2.42. The number of anilines is 2. The van der Waals surface area contributed by atoms with Crippen LogP contribution < -0.4 is 15.4 Å². The number of hydrogen-bond donors (Lipinski definition) is 1. The van der Waals surface area contributed by atoms with Gasteiger partial charge >= 0.3 is 12.2 Å². The predicted octanol–water partition coefficient (Wildman–Crippen LogP) is 5.41. The Morgan fingerprint density at radius 2 is 1.98 bits per heavy atom. The zero-order valence-corrected chi connectivity index (χ0v) is 31.4.